The van der Waals surface area contributed by atoms with Gasteiger partial charge in [0, 0.05) is 0 Å². The first-order valence-electron chi connectivity index (χ1n) is 9.03. The molecule has 0 aliphatic rings. The smallest absolute Gasteiger partial charge is 0.00268 e. The Morgan fingerprint density at radius 1 is 0.704 bits per heavy atom. The molecule has 2 aromatic carbocycles. The fourth-order valence-electron chi connectivity index (χ4n) is 3.03. The summed E-state index contributed by atoms with van der Waals surface area (Å²) in [5.41, 5.74) is 6.63. The second-order valence-electron chi connectivity index (χ2n) is 5.90. The maximum Gasteiger partial charge on any atom is -0.00268 e. The van der Waals surface area contributed by atoms with Crippen LogP contribution in [0.1, 0.15) is 18.1 Å². The van der Waals surface area contributed by atoms with Crippen LogP contribution in [0.2, 0.25) is 0 Å². The molecule has 0 saturated carbocycles. The first-order chi connectivity index (χ1) is 13.3. The van der Waals surface area contributed by atoms with Crippen molar-refractivity contribution >= 4 is 5.57 Å². The third-order valence-corrected chi connectivity index (χ3v) is 4.11. The van der Waals surface area contributed by atoms with E-state index in [1.807, 2.05) is 49.4 Å². The van der Waals surface area contributed by atoms with Gasteiger partial charge in [0.15, 0.2) is 0 Å². The van der Waals surface area contributed by atoms with Crippen molar-refractivity contribution in [3.8, 4) is 0 Å². The van der Waals surface area contributed by atoms with Gasteiger partial charge >= 0.3 is 0 Å². The van der Waals surface area contributed by atoms with Gasteiger partial charge in [-0.25, -0.2) is 0 Å². The topological polar surface area (TPSA) is 0 Å². The van der Waals surface area contributed by atoms with Crippen molar-refractivity contribution in [3.63, 3.8) is 0 Å². The highest BCUT2D eigenvalue weighted by molar-refractivity contribution is 5.89. The van der Waals surface area contributed by atoms with E-state index in [2.05, 4.69) is 74.3 Å². The van der Waals surface area contributed by atoms with E-state index in [0.717, 1.165) is 33.4 Å². The van der Waals surface area contributed by atoms with Crippen molar-refractivity contribution in [1.29, 1.82) is 0 Å². The maximum atomic E-state index is 4.05. The molecule has 134 valence electrons. The van der Waals surface area contributed by atoms with Gasteiger partial charge in [0.05, 0.1) is 0 Å². The third-order valence-electron chi connectivity index (χ3n) is 4.11. The summed E-state index contributed by atoms with van der Waals surface area (Å²) in [5, 5.41) is 0. The van der Waals surface area contributed by atoms with Crippen molar-refractivity contribution < 1.29 is 0 Å². The van der Waals surface area contributed by atoms with E-state index in [1.54, 1.807) is 6.08 Å². The quantitative estimate of drug-likeness (QED) is 0.433. The van der Waals surface area contributed by atoms with Crippen molar-refractivity contribution in [2.24, 2.45) is 0 Å². The van der Waals surface area contributed by atoms with Crippen LogP contribution in [0.3, 0.4) is 0 Å². The summed E-state index contributed by atoms with van der Waals surface area (Å²) in [6, 6.07) is 20.9. The van der Waals surface area contributed by atoms with Crippen LogP contribution >= 0.6 is 0 Å². The largest absolute Gasteiger partial charge is 0.0990 e. The fraction of sp³-hybridized carbons (Fsp3) is 0.0370. The molecule has 0 nitrogen and oxygen atoms in total. The van der Waals surface area contributed by atoms with Gasteiger partial charge in [-0.3, -0.25) is 0 Å². The van der Waals surface area contributed by atoms with Crippen molar-refractivity contribution in [2.75, 3.05) is 0 Å². The lowest BCUT2D eigenvalue weighted by molar-refractivity contribution is 1.42. The molecule has 0 bridgehead atoms. The molecule has 0 fully saturated rings. The second kappa shape index (κ2) is 10.6. The Morgan fingerprint density at radius 3 is 1.59 bits per heavy atom. The van der Waals surface area contributed by atoms with E-state index in [4.69, 9.17) is 0 Å². The summed E-state index contributed by atoms with van der Waals surface area (Å²) in [6.07, 6.45) is 13.7. The van der Waals surface area contributed by atoms with Gasteiger partial charge in [-0.1, -0.05) is 123 Å². The molecule has 0 amide bonds. The lowest BCUT2D eigenvalue weighted by atomic mass is 9.84. The fourth-order valence-corrected chi connectivity index (χ4v) is 3.03. The maximum absolute atomic E-state index is 4.05. The SMILES string of the molecule is C=C/C=C(\C=C)C(=C(c1ccccc1)c1ccccc1)C(/C=C\C)=C/C=C. The van der Waals surface area contributed by atoms with E-state index >= 15 is 0 Å². The molecule has 0 N–H and O–H groups in total. The van der Waals surface area contributed by atoms with Crippen LogP contribution in [0.15, 0.2) is 140 Å². The first kappa shape index (κ1) is 19.9. The van der Waals surface area contributed by atoms with Gasteiger partial charge in [-0.05, 0) is 40.3 Å². The van der Waals surface area contributed by atoms with Gasteiger partial charge in [0.1, 0.15) is 0 Å². The summed E-state index contributed by atoms with van der Waals surface area (Å²) < 4.78 is 0. The number of rotatable bonds is 8. The normalized spacial score (nSPS) is 11.9. The predicted molar refractivity (Wildman–Crippen MR) is 120 cm³/mol. The van der Waals surface area contributed by atoms with Crippen LogP contribution < -0.4 is 0 Å². The average Bonchev–Trinajstić information content (AvgIpc) is 2.72. The summed E-state index contributed by atoms with van der Waals surface area (Å²) in [4.78, 5) is 0. The molecule has 0 saturated heterocycles. The summed E-state index contributed by atoms with van der Waals surface area (Å²) in [7, 11) is 0. The Bertz CT molecular complexity index is 860. The monoisotopic (exact) mass is 350 g/mol. The van der Waals surface area contributed by atoms with Crippen LogP contribution in [0.4, 0.5) is 0 Å². The van der Waals surface area contributed by atoms with Crippen LogP contribution in [-0.2, 0) is 0 Å². The molecule has 0 heterocycles. The Labute approximate surface area is 163 Å². The molecule has 27 heavy (non-hydrogen) atoms. The van der Waals surface area contributed by atoms with Crippen molar-refractivity contribution in [1.82, 2.24) is 0 Å². The number of hydrogen-bond donors (Lipinski definition) is 0. The zero-order chi connectivity index (χ0) is 19.5. The molecule has 0 unspecified atom stereocenters. The minimum Gasteiger partial charge on any atom is -0.0990 e. The number of hydrogen-bond acceptors (Lipinski definition) is 0. The lowest BCUT2D eigenvalue weighted by Gasteiger charge is -2.19. The van der Waals surface area contributed by atoms with Crippen LogP contribution in [0.25, 0.3) is 5.57 Å². The Balaban J connectivity index is 3.01. The zero-order valence-electron chi connectivity index (χ0n) is 15.9. The Morgan fingerprint density at radius 2 is 1.19 bits per heavy atom. The van der Waals surface area contributed by atoms with Gasteiger partial charge in [0.2, 0.25) is 0 Å². The van der Waals surface area contributed by atoms with E-state index in [0.29, 0.717) is 0 Å². The second-order valence-corrected chi connectivity index (χ2v) is 5.90. The highest BCUT2D eigenvalue weighted by Gasteiger charge is 2.16. The van der Waals surface area contributed by atoms with Gasteiger partial charge in [0.25, 0.3) is 0 Å². The molecule has 2 aromatic rings. The average molecular weight is 351 g/mol. The first-order valence-corrected chi connectivity index (χ1v) is 9.03. The molecular formula is C27H26. The van der Waals surface area contributed by atoms with Crippen LogP contribution in [-0.4, -0.2) is 0 Å². The van der Waals surface area contributed by atoms with Crippen molar-refractivity contribution in [3.05, 3.63) is 151 Å². The Hall–Kier alpha value is -3.38. The minimum atomic E-state index is 1.01. The predicted octanol–water partition coefficient (Wildman–Crippen LogP) is 7.48. The van der Waals surface area contributed by atoms with E-state index < -0.39 is 0 Å². The molecule has 0 aliphatic heterocycles. The zero-order valence-corrected chi connectivity index (χ0v) is 15.9. The number of benzene rings is 2. The summed E-state index contributed by atoms with van der Waals surface area (Å²) in [6.45, 7) is 13.8. The van der Waals surface area contributed by atoms with Gasteiger partial charge in [-0.15, -0.1) is 0 Å². The summed E-state index contributed by atoms with van der Waals surface area (Å²) >= 11 is 0. The third kappa shape index (κ3) is 5.05. The van der Waals surface area contributed by atoms with Crippen LogP contribution in [0.5, 0.6) is 0 Å². The standard InChI is InChI=1S/C27H26/c1-5-15-22(8-4)26(23(16-6-2)17-7-3)27(24-18-11-9-12-19-24)25-20-13-10-14-21-25/h5-21H,1-2,4H2,3H3/b17-7-,22-15+,23-16+. The molecule has 0 radical (unpaired) electrons. The molecule has 0 aliphatic carbocycles. The minimum absolute atomic E-state index is 1.01. The lowest BCUT2D eigenvalue weighted by Crippen LogP contribution is -2.00. The van der Waals surface area contributed by atoms with E-state index in [-0.39, 0.29) is 0 Å². The number of allylic oxidation sites excluding steroid dienone is 10. The van der Waals surface area contributed by atoms with Gasteiger partial charge in [-0.2, -0.15) is 0 Å². The van der Waals surface area contributed by atoms with Crippen LogP contribution in [0, 0.1) is 0 Å². The molecule has 2 rings (SSSR count). The van der Waals surface area contributed by atoms with Gasteiger partial charge < -0.3 is 0 Å². The Kier molecular flexibility index (Phi) is 7.81. The molecule has 0 spiro atoms. The molecule has 0 heteroatoms. The highest BCUT2D eigenvalue weighted by atomic mass is 14.2. The molecular weight excluding hydrogens is 324 g/mol. The van der Waals surface area contributed by atoms with E-state index in [1.165, 1.54) is 0 Å². The van der Waals surface area contributed by atoms with E-state index in [9.17, 15) is 0 Å². The highest BCUT2D eigenvalue weighted by Crippen LogP contribution is 2.35. The molecule has 0 aromatic heterocycles. The summed E-state index contributed by atoms with van der Waals surface area (Å²) in [5.74, 6) is 0. The van der Waals surface area contributed by atoms with Crippen molar-refractivity contribution in [2.45, 2.75) is 6.92 Å². The molecule has 0 atom stereocenters.